The Labute approximate surface area is 100 Å². The van der Waals surface area contributed by atoms with Crippen molar-refractivity contribution in [2.75, 3.05) is 6.26 Å². The molecule has 0 aliphatic rings. The maximum atomic E-state index is 10.3. The van der Waals surface area contributed by atoms with Crippen LogP contribution in [0.2, 0.25) is 0 Å². The SMILES string of the molecule is CSc1nsc(S(=O)(=O)[O-])n1.[Na+]. The fourth-order valence-corrected chi connectivity index (χ4v) is 2.09. The van der Waals surface area contributed by atoms with E-state index in [0.29, 0.717) is 16.7 Å². The van der Waals surface area contributed by atoms with Crippen LogP contribution in [0.5, 0.6) is 0 Å². The van der Waals surface area contributed by atoms with Gasteiger partial charge in [0.2, 0.25) is 9.50 Å². The Morgan fingerprint density at radius 3 is 2.42 bits per heavy atom. The monoisotopic (exact) mass is 234 g/mol. The average Bonchev–Trinajstić information content (AvgIpc) is 2.32. The van der Waals surface area contributed by atoms with E-state index < -0.39 is 14.5 Å². The molecule has 1 rings (SSSR count). The average molecular weight is 234 g/mol. The standard InChI is InChI=1S/C3H4N2O3S3.Na/c1-9-2-4-3(10-5-2)11(6,7)8;/h1H3,(H,6,7,8);/q;+1/p-1. The molecule has 0 aliphatic heterocycles. The second-order valence-corrected chi connectivity index (χ2v) is 4.58. The molecular weight excluding hydrogens is 231 g/mol. The van der Waals surface area contributed by atoms with E-state index in [0.717, 1.165) is 0 Å². The van der Waals surface area contributed by atoms with Crippen LogP contribution in [0.3, 0.4) is 0 Å². The molecule has 9 heteroatoms. The summed E-state index contributed by atoms with van der Waals surface area (Å²) >= 11 is 1.79. The Bertz CT molecular complexity index is 347. The van der Waals surface area contributed by atoms with Gasteiger partial charge in [0, 0.05) is 0 Å². The number of rotatable bonds is 2. The Balaban J connectivity index is 0.00000121. The molecule has 0 aliphatic carbocycles. The van der Waals surface area contributed by atoms with Crippen LogP contribution in [0, 0.1) is 0 Å². The Kier molecular flexibility index (Phi) is 5.23. The van der Waals surface area contributed by atoms with Crippen molar-refractivity contribution in [3.8, 4) is 0 Å². The number of aromatic nitrogens is 2. The molecule has 62 valence electrons. The predicted molar refractivity (Wildman–Crippen MR) is 39.7 cm³/mol. The molecule has 0 spiro atoms. The maximum absolute atomic E-state index is 10.3. The second kappa shape index (κ2) is 4.89. The first-order valence-corrected chi connectivity index (χ1v) is 5.78. The van der Waals surface area contributed by atoms with Gasteiger partial charge in [0.15, 0.2) is 10.1 Å². The molecule has 0 unspecified atom stereocenters. The number of hydrogen-bond acceptors (Lipinski definition) is 7. The molecular formula is C3H3N2NaO3S3. The van der Waals surface area contributed by atoms with Crippen LogP contribution < -0.4 is 29.6 Å². The molecule has 12 heavy (non-hydrogen) atoms. The van der Waals surface area contributed by atoms with Crippen molar-refractivity contribution in [2.24, 2.45) is 0 Å². The molecule has 0 N–H and O–H groups in total. The summed E-state index contributed by atoms with van der Waals surface area (Å²) in [5.74, 6) is 0. The molecule has 0 fully saturated rings. The molecule has 1 heterocycles. The first kappa shape index (κ1) is 12.8. The molecule has 1 aromatic rings. The molecule has 0 saturated heterocycles. The maximum Gasteiger partial charge on any atom is 1.00 e. The Hall–Kier alpha value is 0.820. The van der Waals surface area contributed by atoms with Crippen molar-refractivity contribution in [2.45, 2.75) is 9.50 Å². The van der Waals surface area contributed by atoms with Gasteiger partial charge in [0.25, 0.3) is 0 Å². The zero-order chi connectivity index (χ0) is 8.48. The normalized spacial score (nSPS) is 10.8. The van der Waals surface area contributed by atoms with Crippen LogP contribution in [-0.4, -0.2) is 28.6 Å². The number of thioether (sulfide) groups is 1. The van der Waals surface area contributed by atoms with E-state index in [4.69, 9.17) is 0 Å². The molecule has 0 aromatic carbocycles. The quantitative estimate of drug-likeness (QED) is 0.311. The van der Waals surface area contributed by atoms with E-state index in [1.807, 2.05) is 0 Å². The number of hydrogen-bond donors (Lipinski definition) is 0. The van der Waals surface area contributed by atoms with Gasteiger partial charge in [-0.05, 0) is 17.8 Å². The second-order valence-electron chi connectivity index (χ2n) is 1.50. The van der Waals surface area contributed by atoms with Gasteiger partial charge >= 0.3 is 29.6 Å². The van der Waals surface area contributed by atoms with E-state index in [-0.39, 0.29) is 29.6 Å². The minimum absolute atomic E-state index is 0. The molecule has 0 atom stereocenters. The molecule has 1 aromatic heterocycles. The van der Waals surface area contributed by atoms with Crippen molar-refractivity contribution in [1.29, 1.82) is 0 Å². The minimum Gasteiger partial charge on any atom is -0.742 e. The van der Waals surface area contributed by atoms with E-state index >= 15 is 0 Å². The summed E-state index contributed by atoms with van der Waals surface area (Å²) in [5, 5.41) is 0.310. The van der Waals surface area contributed by atoms with Crippen molar-refractivity contribution in [3.63, 3.8) is 0 Å². The Morgan fingerprint density at radius 2 is 2.17 bits per heavy atom. The van der Waals surface area contributed by atoms with E-state index in [1.54, 1.807) is 6.26 Å². The Morgan fingerprint density at radius 1 is 1.58 bits per heavy atom. The van der Waals surface area contributed by atoms with E-state index in [1.165, 1.54) is 11.8 Å². The predicted octanol–water partition coefficient (Wildman–Crippen LogP) is -2.83. The van der Waals surface area contributed by atoms with Gasteiger partial charge in [-0.15, -0.1) is 0 Å². The molecule has 0 radical (unpaired) electrons. The minimum atomic E-state index is -4.41. The van der Waals surface area contributed by atoms with Crippen LogP contribution in [0.4, 0.5) is 0 Å². The van der Waals surface area contributed by atoms with Crippen molar-refractivity contribution >= 4 is 33.4 Å². The van der Waals surface area contributed by atoms with E-state index in [2.05, 4.69) is 9.36 Å². The topological polar surface area (TPSA) is 83.0 Å². The van der Waals surface area contributed by atoms with Gasteiger partial charge in [-0.25, -0.2) is 8.42 Å². The first-order chi connectivity index (χ1) is 5.04. The summed E-state index contributed by atoms with van der Waals surface area (Å²) in [6, 6.07) is 0. The van der Waals surface area contributed by atoms with Crippen molar-refractivity contribution in [3.05, 3.63) is 0 Å². The summed E-state index contributed by atoms with van der Waals surface area (Å²) in [7, 11) is -4.41. The summed E-state index contributed by atoms with van der Waals surface area (Å²) in [5.41, 5.74) is 0. The largest absolute Gasteiger partial charge is 1.00 e. The summed E-state index contributed by atoms with van der Waals surface area (Å²) in [6.45, 7) is 0. The third-order valence-corrected chi connectivity index (χ3v) is 3.32. The summed E-state index contributed by atoms with van der Waals surface area (Å²) < 4.78 is 34.1. The van der Waals surface area contributed by atoms with Gasteiger partial charge in [-0.1, -0.05) is 11.8 Å². The van der Waals surface area contributed by atoms with Gasteiger partial charge in [-0.2, -0.15) is 9.36 Å². The molecule has 0 saturated carbocycles. The third-order valence-electron chi connectivity index (χ3n) is 0.785. The number of nitrogens with zero attached hydrogens (tertiary/aromatic N) is 2. The van der Waals surface area contributed by atoms with Gasteiger partial charge in [0.1, 0.15) is 0 Å². The third kappa shape index (κ3) is 3.29. The zero-order valence-corrected chi connectivity index (χ0v) is 10.8. The molecule has 5 nitrogen and oxygen atoms in total. The molecule has 0 amide bonds. The van der Waals surface area contributed by atoms with Gasteiger partial charge in [0.05, 0.1) is 0 Å². The van der Waals surface area contributed by atoms with Crippen molar-refractivity contribution in [1.82, 2.24) is 9.36 Å². The summed E-state index contributed by atoms with van der Waals surface area (Å²) in [4.78, 5) is 3.47. The van der Waals surface area contributed by atoms with Gasteiger partial charge < -0.3 is 4.55 Å². The van der Waals surface area contributed by atoms with Crippen LogP contribution in [0.25, 0.3) is 0 Å². The van der Waals surface area contributed by atoms with Crippen LogP contribution in [0.1, 0.15) is 0 Å². The smallest absolute Gasteiger partial charge is 0.742 e. The fraction of sp³-hybridized carbons (Fsp3) is 0.333. The van der Waals surface area contributed by atoms with Crippen LogP contribution in [-0.2, 0) is 10.1 Å². The molecule has 0 bridgehead atoms. The van der Waals surface area contributed by atoms with E-state index in [9.17, 15) is 13.0 Å². The van der Waals surface area contributed by atoms with Crippen LogP contribution in [0.15, 0.2) is 9.50 Å². The summed E-state index contributed by atoms with van der Waals surface area (Å²) in [6.07, 6.45) is 1.70. The van der Waals surface area contributed by atoms with Crippen LogP contribution >= 0.6 is 23.3 Å². The fourth-order valence-electron chi connectivity index (χ4n) is 0.381. The zero-order valence-electron chi connectivity index (χ0n) is 6.34. The van der Waals surface area contributed by atoms with Crippen molar-refractivity contribution < 1.29 is 42.5 Å². The first-order valence-electron chi connectivity index (χ1n) is 2.37. The van der Waals surface area contributed by atoms with Gasteiger partial charge in [-0.3, -0.25) is 0 Å².